The number of ether oxygens (including phenoxy) is 1. The van der Waals surface area contributed by atoms with Crippen molar-refractivity contribution in [3.05, 3.63) is 15.6 Å². The minimum atomic E-state index is -0.245. The summed E-state index contributed by atoms with van der Waals surface area (Å²) in [6.07, 6.45) is 1.93. The van der Waals surface area contributed by atoms with E-state index in [1.165, 1.54) is 10.6 Å². The van der Waals surface area contributed by atoms with Crippen LogP contribution in [0.4, 0.5) is 0 Å². The summed E-state index contributed by atoms with van der Waals surface area (Å²) in [5, 5.41) is 4.61. The normalized spacial score (nSPS) is 14.9. The maximum Gasteiger partial charge on any atom is 0.125 e. The molecule has 3 nitrogen and oxygen atoms in total. The van der Waals surface area contributed by atoms with E-state index in [9.17, 15) is 0 Å². The average Bonchev–Trinajstić information content (AvgIpc) is 2.81. The van der Waals surface area contributed by atoms with E-state index in [0.717, 1.165) is 30.9 Å². The molecule has 0 radical (unpaired) electrons. The van der Waals surface area contributed by atoms with Crippen LogP contribution in [0.3, 0.4) is 0 Å². The predicted octanol–water partition coefficient (Wildman–Crippen LogP) is 3.72. The molecule has 0 fully saturated rings. The van der Waals surface area contributed by atoms with Crippen molar-refractivity contribution in [3.63, 3.8) is 0 Å². The molecule has 19 heavy (non-hydrogen) atoms. The quantitative estimate of drug-likeness (QED) is 0.790. The molecule has 0 spiro atoms. The lowest BCUT2D eigenvalue weighted by molar-refractivity contribution is -0.00166. The summed E-state index contributed by atoms with van der Waals surface area (Å²) in [4.78, 5) is 6.15. The maximum atomic E-state index is 5.66. The summed E-state index contributed by atoms with van der Waals surface area (Å²) in [7, 11) is 1.77. The van der Waals surface area contributed by atoms with Crippen LogP contribution in [0.25, 0.3) is 0 Å². The lowest BCUT2D eigenvalue weighted by Crippen LogP contribution is -2.22. The molecular weight excluding hydrogens is 256 g/mol. The standard InChI is InChI=1S/C15H28N2OS/c1-7-12-13(10-16-9-11(3)4)19-14(17-12)15(5,8-2)18-6/h11,16H,7-10H2,1-6H3. The molecule has 1 aromatic rings. The molecule has 0 aliphatic heterocycles. The Labute approximate surface area is 121 Å². The maximum absolute atomic E-state index is 5.66. The Bertz CT molecular complexity index is 383. The van der Waals surface area contributed by atoms with Crippen molar-refractivity contribution in [2.24, 2.45) is 5.92 Å². The number of thiazole rings is 1. The molecule has 0 aromatic carbocycles. The van der Waals surface area contributed by atoms with Gasteiger partial charge in [0, 0.05) is 18.5 Å². The van der Waals surface area contributed by atoms with E-state index in [4.69, 9.17) is 9.72 Å². The number of hydrogen-bond acceptors (Lipinski definition) is 4. The Morgan fingerprint density at radius 2 is 2.05 bits per heavy atom. The smallest absolute Gasteiger partial charge is 0.125 e. The van der Waals surface area contributed by atoms with Crippen molar-refractivity contribution in [1.82, 2.24) is 10.3 Å². The zero-order chi connectivity index (χ0) is 14.5. The molecule has 0 aliphatic carbocycles. The molecule has 0 amide bonds. The molecule has 0 aliphatic rings. The first-order valence-corrected chi connectivity index (χ1v) is 8.03. The summed E-state index contributed by atoms with van der Waals surface area (Å²) in [5.74, 6) is 0.678. The van der Waals surface area contributed by atoms with Gasteiger partial charge < -0.3 is 10.1 Å². The lowest BCUT2D eigenvalue weighted by atomic mass is 10.1. The number of aryl methyl sites for hydroxylation is 1. The Morgan fingerprint density at radius 1 is 1.37 bits per heavy atom. The molecule has 0 saturated heterocycles. The summed E-state index contributed by atoms with van der Waals surface area (Å²) >= 11 is 1.79. The van der Waals surface area contributed by atoms with Gasteiger partial charge in [0.2, 0.25) is 0 Å². The van der Waals surface area contributed by atoms with E-state index in [1.807, 2.05) is 0 Å². The molecule has 1 atom stereocenters. The number of aromatic nitrogens is 1. The molecule has 1 heterocycles. The van der Waals surface area contributed by atoms with E-state index in [0.29, 0.717) is 5.92 Å². The van der Waals surface area contributed by atoms with Crippen LogP contribution in [0.15, 0.2) is 0 Å². The van der Waals surface area contributed by atoms with Gasteiger partial charge in [0.15, 0.2) is 0 Å². The van der Waals surface area contributed by atoms with Gasteiger partial charge in [0.25, 0.3) is 0 Å². The number of methoxy groups -OCH3 is 1. The Morgan fingerprint density at radius 3 is 2.53 bits per heavy atom. The van der Waals surface area contributed by atoms with E-state index in [1.54, 1.807) is 18.4 Å². The topological polar surface area (TPSA) is 34.1 Å². The summed E-state index contributed by atoms with van der Waals surface area (Å²) in [5.41, 5.74) is 0.971. The van der Waals surface area contributed by atoms with Gasteiger partial charge >= 0.3 is 0 Å². The highest BCUT2D eigenvalue weighted by atomic mass is 32.1. The molecule has 1 unspecified atom stereocenters. The molecule has 1 aromatic heterocycles. The Hall–Kier alpha value is -0.450. The van der Waals surface area contributed by atoms with Crippen LogP contribution >= 0.6 is 11.3 Å². The molecule has 110 valence electrons. The number of nitrogens with zero attached hydrogens (tertiary/aromatic N) is 1. The fraction of sp³-hybridized carbons (Fsp3) is 0.800. The van der Waals surface area contributed by atoms with Gasteiger partial charge in [-0.25, -0.2) is 4.98 Å². The largest absolute Gasteiger partial charge is 0.371 e. The third-order valence-electron chi connectivity index (χ3n) is 3.53. The summed E-state index contributed by atoms with van der Waals surface area (Å²) < 4.78 is 5.66. The third kappa shape index (κ3) is 4.26. The average molecular weight is 284 g/mol. The van der Waals surface area contributed by atoms with Crippen LogP contribution in [0, 0.1) is 5.92 Å². The van der Waals surface area contributed by atoms with E-state index in [2.05, 4.69) is 39.9 Å². The van der Waals surface area contributed by atoms with Crippen molar-refractivity contribution in [2.45, 2.75) is 59.6 Å². The van der Waals surface area contributed by atoms with Gasteiger partial charge in [-0.3, -0.25) is 0 Å². The van der Waals surface area contributed by atoms with Crippen LogP contribution < -0.4 is 5.32 Å². The van der Waals surface area contributed by atoms with Crippen LogP contribution in [0.2, 0.25) is 0 Å². The van der Waals surface area contributed by atoms with Crippen LogP contribution in [0.1, 0.15) is 56.6 Å². The molecule has 4 heteroatoms. The zero-order valence-corrected chi connectivity index (χ0v) is 14.0. The molecule has 1 N–H and O–H groups in total. The Balaban J connectivity index is 2.85. The third-order valence-corrected chi connectivity index (χ3v) is 4.87. The van der Waals surface area contributed by atoms with Gasteiger partial charge in [-0.1, -0.05) is 27.7 Å². The van der Waals surface area contributed by atoms with E-state index in [-0.39, 0.29) is 5.60 Å². The Kier molecular flexibility index (Phi) is 6.43. The first-order valence-electron chi connectivity index (χ1n) is 7.21. The number of nitrogens with one attached hydrogen (secondary N) is 1. The van der Waals surface area contributed by atoms with Crippen molar-refractivity contribution in [1.29, 1.82) is 0 Å². The minimum Gasteiger partial charge on any atom is -0.371 e. The SMILES string of the molecule is CCc1nc(C(C)(CC)OC)sc1CNCC(C)C. The fourth-order valence-electron chi connectivity index (χ4n) is 1.88. The highest BCUT2D eigenvalue weighted by molar-refractivity contribution is 7.11. The van der Waals surface area contributed by atoms with Gasteiger partial charge in [-0.05, 0) is 32.2 Å². The summed E-state index contributed by atoms with van der Waals surface area (Å²) in [6.45, 7) is 12.9. The number of hydrogen-bond donors (Lipinski definition) is 1. The van der Waals surface area contributed by atoms with Gasteiger partial charge in [-0.2, -0.15) is 0 Å². The predicted molar refractivity (Wildman–Crippen MR) is 82.7 cm³/mol. The van der Waals surface area contributed by atoms with Gasteiger partial charge in [-0.15, -0.1) is 11.3 Å². The molecular formula is C15H28N2OS. The number of rotatable bonds is 8. The fourth-order valence-corrected chi connectivity index (χ4v) is 3.20. The second kappa shape index (κ2) is 7.36. The van der Waals surface area contributed by atoms with E-state index < -0.39 is 0 Å². The second-order valence-corrected chi connectivity index (χ2v) is 6.64. The molecule has 0 saturated carbocycles. The van der Waals surface area contributed by atoms with Crippen LogP contribution in [0.5, 0.6) is 0 Å². The van der Waals surface area contributed by atoms with Crippen molar-refractivity contribution in [3.8, 4) is 0 Å². The summed E-state index contributed by atoms with van der Waals surface area (Å²) in [6, 6.07) is 0. The highest BCUT2D eigenvalue weighted by Crippen LogP contribution is 2.33. The van der Waals surface area contributed by atoms with Crippen molar-refractivity contribution >= 4 is 11.3 Å². The molecule has 0 bridgehead atoms. The first-order chi connectivity index (χ1) is 8.96. The minimum absolute atomic E-state index is 0.245. The van der Waals surface area contributed by atoms with Gasteiger partial charge in [0.1, 0.15) is 10.6 Å². The lowest BCUT2D eigenvalue weighted by Gasteiger charge is -2.23. The van der Waals surface area contributed by atoms with Crippen LogP contribution in [-0.2, 0) is 23.3 Å². The highest BCUT2D eigenvalue weighted by Gasteiger charge is 2.28. The monoisotopic (exact) mass is 284 g/mol. The van der Waals surface area contributed by atoms with Gasteiger partial charge in [0.05, 0.1) is 5.69 Å². The second-order valence-electron chi connectivity index (χ2n) is 5.56. The molecule has 1 rings (SSSR count). The zero-order valence-electron chi connectivity index (χ0n) is 13.2. The van der Waals surface area contributed by atoms with Crippen molar-refractivity contribution < 1.29 is 4.74 Å². The van der Waals surface area contributed by atoms with Crippen molar-refractivity contribution in [2.75, 3.05) is 13.7 Å². The van der Waals surface area contributed by atoms with Crippen LogP contribution in [-0.4, -0.2) is 18.6 Å². The first kappa shape index (κ1) is 16.6. The van der Waals surface area contributed by atoms with E-state index >= 15 is 0 Å².